The maximum Gasteiger partial charge on any atom is 0.0713 e. The normalized spacial score (nSPS) is 24.1. The topological polar surface area (TPSA) is 21.3 Å². The molecule has 0 unspecified atom stereocenters. The Bertz CT molecular complexity index is 333. The van der Waals surface area contributed by atoms with Crippen LogP contribution >= 0.6 is 0 Å². The van der Waals surface area contributed by atoms with Crippen molar-refractivity contribution in [2.24, 2.45) is 0 Å². The molecule has 1 aliphatic heterocycles. The van der Waals surface area contributed by atoms with E-state index in [0.29, 0.717) is 12.6 Å². The van der Waals surface area contributed by atoms with Gasteiger partial charge in [-0.3, -0.25) is 0 Å². The molecule has 2 nitrogen and oxygen atoms in total. The minimum absolute atomic E-state index is 0.710. The monoisotopic (exact) mass is 233 g/mol. The van der Waals surface area contributed by atoms with Crippen LogP contribution in [-0.2, 0) is 17.8 Å². The molecule has 0 spiro atoms. The van der Waals surface area contributed by atoms with Gasteiger partial charge in [0.25, 0.3) is 0 Å². The molecule has 2 heteroatoms. The van der Waals surface area contributed by atoms with E-state index < -0.39 is 0 Å². The van der Waals surface area contributed by atoms with Gasteiger partial charge in [0, 0.05) is 19.2 Å². The van der Waals surface area contributed by atoms with Gasteiger partial charge in [-0.25, -0.2) is 0 Å². The molecule has 0 aliphatic carbocycles. The molecule has 0 radical (unpaired) electrons. The molecule has 2 atom stereocenters. The van der Waals surface area contributed by atoms with Crippen LogP contribution < -0.4 is 5.32 Å². The third-order valence-electron chi connectivity index (χ3n) is 3.58. The summed E-state index contributed by atoms with van der Waals surface area (Å²) in [7, 11) is 1.74. The van der Waals surface area contributed by atoms with Crippen LogP contribution in [0, 0.1) is 0 Å². The van der Waals surface area contributed by atoms with Crippen molar-refractivity contribution < 1.29 is 4.74 Å². The van der Waals surface area contributed by atoms with E-state index in [1.807, 2.05) is 0 Å². The molecular formula is C15H23NO. The Labute approximate surface area is 104 Å². The summed E-state index contributed by atoms with van der Waals surface area (Å²) in [6, 6.07) is 10.2. The van der Waals surface area contributed by atoms with Crippen molar-refractivity contribution >= 4 is 0 Å². The summed E-state index contributed by atoms with van der Waals surface area (Å²) in [6.07, 6.45) is 5.10. The Morgan fingerprint density at radius 3 is 2.47 bits per heavy atom. The molecule has 1 heterocycles. The molecule has 94 valence electrons. The van der Waals surface area contributed by atoms with Gasteiger partial charge >= 0.3 is 0 Å². The van der Waals surface area contributed by atoms with Gasteiger partial charge < -0.3 is 10.1 Å². The van der Waals surface area contributed by atoms with Gasteiger partial charge in [0.1, 0.15) is 0 Å². The van der Waals surface area contributed by atoms with Crippen molar-refractivity contribution in [3.05, 3.63) is 35.4 Å². The molecule has 0 aromatic heterocycles. The predicted molar refractivity (Wildman–Crippen MR) is 71.1 cm³/mol. The first-order valence-corrected chi connectivity index (χ1v) is 6.60. The minimum atomic E-state index is 0.710. The lowest BCUT2D eigenvalue weighted by Crippen LogP contribution is -2.27. The fourth-order valence-electron chi connectivity index (χ4n) is 2.56. The zero-order chi connectivity index (χ0) is 12.1. The van der Waals surface area contributed by atoms with E-state index in [0.717, 1.165) is 6.04 Å². The van der Waals surface area contributed by atoms with Gasteiger partial charge in [-0.1, -0.05) is 24.3 Å². The second-order valence-electron chi connectivity index (χ2n) is 5.13. The van der Waals surface area contributed by atoms with Gasteiger partial charge in [-0.2, -0.15) is 0 Å². The summed E-state index contributed by atoms with van der Waals surface area (Å²) in [5, 5.41) is 3.64. The van der Waals surface area contributed by atoms with E-state index in [1.54, 1.807) is 7.11 Å². The van der Waals surface area contributed by atoms with Crippen LogP contribution in [0.25, 0.3) is 0 Å². The van der Waals surface area contributed by atoms with Crippen LogP contribution in [0.5, 0.6) is 0 Å². The average Bonchev–Trinajstić information content (AvgIpc) is 2.75. The number of benzene rings is 1. The zero-order valence-electron chi connectivity index (χ0n) is 10.9. The molecule has 17 heavy (non-hydrogen) atoms. The van der Waals surface area contributed by atoms with E-state index in [4.69, 9.17) is 4.74 Å². The number of nitrogens with one attached hydrogen (secondary N) is 1. The van der Waals surface area contributed by atoms with Gasteiger partial charge in [-0.15, -0.1) is 0 Å². The summed E-state index contributed by atoms with van der Waals surface area (Å²) in [6.45, 7) is 2.99. The molecule has 1 N–H and O–H groups in total. The highest BCUT2D eigenvalue weighted by molar-refractivity contribution is 5.22. The van der Waals surface area contributed by atoms with Crippen LogP contribution in [0.15, 0.2) is 24.3 Å². The quantitative estimate of drug-likeness (QED) is 0.844. The Kier molecular flexibility index (Phi) is 4.57. The standard InChI is InChI=1S/C15H23NO/c1-12-3-9-15(16-12)10-8-13-4-6-14(7-5-13)11-17-2/h4-7,12,15-16H,3,8-11H2,1-2H3/t12-,15-/m1/s1. The van der Waals surface area contributed by atoms with Gasteiger partial charge in [0.15, 0.2) is 0 Å². The van der Waals surface area contributed by atoms with Gasteiger partial charge in [0.2, 0.25) is 0 Å². The lowest BCUT2D eigenvalue weighted by atomic mass is 10.0. The van der Waals surface area contributed by atoms with Crippen molar-refractivity contribution in [3.63, 3.8) is 0 Å². The molecule has 1 fully saturated rings. The van der Waals surface area contributed by atoms with Crippen molar-refractivity contribution in [3.8, 4) is 0 Å². The van der Waals surface area contributed by atoms with E-state index in [1.165, 1.54) is 36.8 Å². The van der Waals surface area contributed by atoms with Crippen LogP contribution in [0.2, 0.25) is 0 Å². The number of hydrogen-bond donors (Lipinski definition) is 1. The molecule has 1 saturated heterocycles. The van der Waals surface area contributed by atoms with E-state index >= 15 is 0 Å². The van der Waals surface area contributed by atoms with Gasteiger partial charge in [0.05, 0.1) is 6.61 Å². The second kappa shape index (κ2) is 6.18. The van der Waals surface area contributed by atoms with Gasteiger partial charge in [-0.05, 0) is 43.7 Å². The Morgan fingerprint density at radius 1 is 1.18 bits per heavy atom. The van der Waals surface area contributed by atoms with E-state index in [9.17, 15) is 0 Å². The van der Waals surface area contributed by atoms with Crippen molar-refractivity contribution in [1.82, 2.24) is 5.32 Å². The van der Waals surface area contributed by atoms with Crippen molar-refractivity contribution in [1.29, 1.82) is 0 Å². The van der Waals surface area contributed by atoms with E-state index in [2.05, 4.69) is 36.5 Å². The average molecular weight is 233 g/mol. The maximum absolute atomic E-state index is 5.11. The molecule has 0 amide bonds. The summed E-state index contributed by atoms with van der Waals surface area (Å²) in [5.74, 6) is 0. The number of aryl methyl sites for hydroxylation is 1. The fraction of sp³-hybridized carbons (Fsp3) is 0.600. The van der Waals surface area contributed by atoms with Crippen LogP contribution in [-0.4, -0.2) is 19.2 Å². The first-order valence-electron chi connectivity index (χ1n) is 6.60. The van der Waals surface area contributed by atoms with Crippen molar-refractivity contribution in [2.45, 2.75) is 51.3 Å². The van der Waals surface area contributed by atoms with E-state index in [-0.39, 0.29) is 0 Å². The molecule has 1 aromatic carbocycles. The molecule has 0 saturated carbocycles. The number of methoxy groups -OCH3 is 1. The third-order valence-corrected chi connectivity index (χ3v) is 3.58. The summed E-state index contributed by atoms with van der Waals surface area (Å²) < 4.78 is 5.11. The summed E-state index contributed by atoms with van der Waals surface area (Å²) in [5.41, 5.74) is 2.69. The first-order chi connectivity index (χ1) is 8.28. The number of ether oxygens (including phenoxy) is 1. The molecule has 1 aliphatic rings. The smallest absolute Gasteiger partial charge is 0.0713 e. The predicted octanol–water partition coefficient (Wildman–Crippen LogP) is 2.91. The number of hydrogen-bond acceptors (Lipinski definition) is 2. The highest BCUT2D eigenvalue weighted by Gasteiger charge is 2.19. The Balaban J connectivity index is 1.78. The largest absolute Gasteiger partial charge is 0.380 e. The number of rotatable bonds is 5. The minimum Gasteiger partial charge on any atom is -0.380 e. The lowest BCUT2D eigenvalue weighted by molar-refractivity contribution is 0.185. The Morgan fingerprint density at radius 2 is 1.88 bits per heavy atom. The first kappa shape index (κ1) is 12.6. The SMILES string of the molecule is COCc1ccc(CC[C@H]2CC[C@@H](C)N2)cc1. The summed E-state index contributed by atoms with van der Waals surface area (Å²) >= 11 is 0. The molecule has 1 aromatic rings. The highest BCUT2D eigenvalue weighted by atomic mass is 16.5. The van der Waals surface area contributed by atoms with Crippen molar-refractivity contribution in [2.75, 3.05) is 7.11 Å². The van der Waals surface area contributed by atoms with Crippen LogP contribution in [0.1, 0.15) is 37.3 Å². The highest BCUT2D eigenvalue weighted by Crippen LogP contribution is 2.17. The van der Waals surface area contributed by atoms with Crippen LogP contribution in [0.4, 0.5) is 0 Å². The zero-order valence-corrected chi connectivity index (χ0v) is 10.9. The Hall–Kier alpha value is -0.860. The molecular weight excluding hydrogens is 210 g/mol. The summed E-state index contributed by atoms with van der Waals surface area (Å²) in [4.78, 5) is 0. The third kappa shape index (κ3) is 3.83. The molecule has 2 rings (SSSR count). The lowest BCUT2D eigenvalue weighted by Gasteiger charge is -2.11. The second-order valence-corrected chi connectivity index (χ2v) is 5.13. The fourth-order valence-corrected chi connectivity index (χ4v) is 2.56. The maximum atomic E-state index is 5.11. The molecule has 0 bridgehead atoms. The van der Waals surface area contributed by atoms with Crippen LogP contribution in [0.3, 0.4) is 0 Å².